The molecule has 0 fully saturated rings. The third-order valence-electron chi connectivity index (χ3n) is 3.43. The van der Waals surface area contributed by atoms with Gasteiger partial charge in [-0.15, -0.1) is 0 Å². The maximum Gasteiger partial charge on any atom is 0.349 e. The molecule has 0 aliphatic heterocycles. The summed E-state index contributed by atoms with van der Waals surface area (Å²) in [5, 5.41) is 4.90. The molecule has 3 rings (SSSR count). The Morgan fingerprint density at radius 1 is 1.12 bits per heavy atom. The van der Waals surface area contributed by atoms with Crippen molar-refractivity contribution in [3.8, 4) is 5.75 Å². The number of benzene rings is 2. The quantitative estimate of drug-likeness (QED) is 0.736. The lowest BCUT2D eigenvalue weighted by Crippen LogP contribution is -2.13. The van der Waals surface area contributed by atoms with Crippen LogP contribution in [0.25, 0.3) is 10.8 Å². The zero-order valence-corrected chi connectivity index (χ0v) is 13.8. The number of carbonyl (C=O) groups is 2. The largest absolute Gasteiger partial charge is 0.496 e. The standard InChI is InChI=1S/C17H14N2O4S/c1-22-13-8-11-6-4-3-5-10(11)7-12(13)15(20)19-17-18-9-14(24-17)16(21)23-2/h3-9H,1-2H3,(H,18,19,20). The van der Waals surface area contributed by atoms with Crippen LogP contribution in [-0.4, -0.2) is 31.1 Å². The summed E-state index contributed by atoms with van der Waals surface area (Å²) in [5.74, 6) is -0.379. The van der Waals surface area contributed by atoms with E-state index < -0.39 is 5.97 Å². The van der Waals surface area contributed by atoms with Crippen LogP contribution in [-0.2, 0) is 4.74 Å². The summed E-state index contributed by atoms with van der Waals surface area (Å²) in [7, 11) is 2.81. The average Bonchev–Trinajstić information content (AvgIpc) is 3.08. The second-order valence-corrected chi connectivity index (χ2v) is 5.91. The lowest BCUT2D eigenvalue weighted by Gasteiger charge is -2.09. The predicted octanol–water partition coefficient (Wildman–Crippen LogP) is 3.34. The minimum Gasteiger partial charge on any atom is -0.496 e. The van der Waals surface area contributed by atoms with E-state index in [1.807, 2.05) is 30.3 Å². The first kappa shape index (κ1) is 15.9. The molecule has 24 heavy (non-hydrogen) atoms. The fraction of sp³-hybridized carbons (Fsp3) is 0.118. The molecule has 3 aromatic rings. The highest BCUT2D eigenvalue weighted by Gasteiger charge is 2.17. The minimum absolute atomic E-state index is 0.315. The molecule has 0 radical (unpaired) electrons. The monoisotopic (exact) mass is 342 g/mol. The molecule has 2 aromatic carbocycles. The number of amides is 1. The third-order valence-corrected chi connectivity index (χ3v) is 4.32. The number of nitrogens with one attached hydrogen (secondary N) is 1. The number of anilines is 1. The van der Waals surface area contributed by atoms with Crippen LogP contribution in [0.1, 0.15) is 20.0 Å². The fourth-order valence-corrected chi connectivity index (χ4v) is 2.99. The summed E-state index contributed by atoms with van der Waals surface area (Å²) < 4.78 is 9.94. The second kappa shape index (κ2) is 6.67. The normalized spacial score (nSPS) is 10.4. The van der Waals surface area contributed by atoms with Crippen LogP contribution in [0.4, 0.5) is 5.13 Å². The Morgan fingerprint density at radius 2 is 1.83 bits per heavy atom. The molecule has 7 heteroatoms. The molecule has 0 unspecified atom stereocenters. The Balaban J connectivity index is 1.90. The van der Waals surface area contributed by atoms with Gasteiger partial charge in [-0.05, 0) is 22.9 Å². The Kier molecular flexibility index (Phi) is 4.43. The molecule has 0 spiro atoms. The molecule has 122 valence electrons. The van der Waals surface area contributed by atoms with Gasteiger partial charge in [-0.3, -0.25) is 10.1 Å². The Hall–Kier alpha value is -2.93. The maximum absolute atomic E-state index is 12.5. The number of esters is 1. The highest BCUT2D eigenvalue weighted by Crippen LogP contribution is 2.27. The van der Waals surface area contributed by atoms with Crippen LogP contribution < -0.4 is 10.1 Å². The highest BCUT2D eigenvalue weighted by atomic mass is 32.1. The van der Waals surface area contributed by atoms with E-state index in [1.165, 1.54) is 20.4 Å². The Morgan fingerprint density at radius 3 is 2.50 bits per heavy atom. The lowest BCUT2D eigenvalue weighted by molar-refractivity contribution is 0.0606. The summed E-state index contributed by atoms with van der Waals surface area (Å²) >= 11 is 1.05. The van der Waals surface area contributed by atoms with Gasteiger partial charge in [0.1, 0.15) is 10.6 Å². The van der Waals surface area contributed by atoms with Crippen molar-refractivity contribution in [3.05, 3.63) is 53.0 Å². The number of carbonyl (C=O) groups excluding carboxylic acids is 2. The first-order valence-corrected chi connectivity index (χ1v) is 7.86. The summed E-state index contributed by atoms with van der Waals surface area (Å²) in [5.41, 5.74) is 0.394. The van der Waals surface area contributed by atoms with E-state index in [0.717, 1.165) is 22.1 Å². The Bertz CT molecular complexity index is 920. The zero-order valence-electron chi connectivity index (χ0n) is 13.0. The molecule has 0 saturated heterocycles. The molecular weight excluding hydrogens is 328 g/mol. The molecule has 0 atom stereocenters. The predicted molar refractivity (Wildman–Crippen MR) is 91.9 cm³/mol. The van der Waals surface area contributed by atoms with E-state index in [4.69, 9.17) is 4.74 Å². The van der Waals surface area contributed by atoms with Crippen molar-refractivity contribution in [2.24, 2.45) is 0 Å². The summed E-state index contributed by atoms with van der Waals surface area (Å²) in [4.78, 5) is 28.3. The Labute approximate surface area is 142 Å². The number of ether oxygens (including phenoxy) is 2. The summed E-state index contributed by atoms with van der Waals surface area (Å²) in [6, 6.07) is 11.3. The van der Waals surface area contributed by atoms with Gasteiger partial charge < -0.3 is 9.47 Å². The van der Waals surface area contributed by atoms with Gasteiger partial charge in [0, 0.05) is 0 Å². The second-order valence-electron chi connectivity index (χ2n) is 4.88. The molecule has 1 N–H and O–H groups in total. The van der Waals surface area contributed by atoms with E-state index in [9.17, 15) is 9.59 Å². The van der Waals surface area contributed by atoms with Gasteiger partial charge >= 0.3 is 5.97 Å². The van der Waals surface area contributed by atoms with Crippen LogP contribution >= 0.6 is 11.3 Å². The number of methoxy groups -OCH3 is 2. The number of rotatable bonds is 4. The molecule has 0 aliphatic carbocycles. The van der Waals surface area contributed by atoms with E-state index >= 15 is 0 Å². The van der Waals surface area contributed by atoms with Crippen molar-refractivity contribution in [2.75, 3.05) is 19.5 Å². The molecule has 0 aliphatic rings. The fourth-order valence-electron chi connectivity index (χ4n) is 2.26. The van der Waals surface area contributed by atoms with Gasteiger partial charge in [0.05, 0.1) is 26.0 Å². The van der Waals surface area contributed by atoms with Gasteiger partial charge in [-0.1, -0.05) is 35.6 Å². The van der Waals surface area contributed by atoms with Gasteiger partial charge in [-0.25, -0.2) is 9.78 Å². The molecule has 1 heterocycles. The number of thiazole rings is 1. The van der Waals surface area contributed by atoms with Gasteiger partial charge in [0.25, 0.3) is 5.91 Å². The topological polar surface area (TPSA) is 77.5 Å². The first-order chi connectivity index (χ1) is 11.6. The number of nitrogens with zero attached hydrogens (tertiary/aromatic N) is 1. The molecular formula is C17H14N2O4S. The average molecular weight is 342 g/mol. The maximum atomic E-state index is 12.5. The number of hydrogen-bond acceptors (Lipinski definition) is 6. The molecule has 0 bridgehead atoms. The van der Waals surface area contributed by atoms with Crippen molar-refractivity contribution >= 4 is 39.1 Å². The number of fused-ring (bicyclic) bond motifs is 1. The third kappa shape index (κ3) is 3.07. The van der Waals surface area contributed by atoms with Gasteiger partial charge in [-0.2, -0.15) is 0 Å². The van der Waals surface area contributed by atoms with Crippen LogP contribution in [0.15, 0.2) is 42.6 Å². The number of aromatic nitrogens is 1. The minimum atomic E-state index is -0.490. The van der Waals surface area contributed by atoms with Crippen molar-refractivity contribution in [3.63, 3.8) is 0 Å². The van der Waals surface area contributed by atoms with Crippen LogP contribution in [0.3, 0.4) is 0 Å². The lowest BCUT2D eigenvalue weighted by atomic mass is 10.1. The van der Waals surface area contributed by atoms with Gasteiger partial charge in [0.15, 0.2) is 5.13 Å². The zero-order chi connectivity index (χ0) is 17.1. The van der Waals surface area contributed by atoms with Gasteiger partial charge in [0.2, 0.25) is 0 Å². The summed E-state index contributed by atoms with van der Waals surface area (Å²) in [6.45, 7) is 0. The van der Waals surface area contributed by atoms with Crippen LogP contribution in [0.5, 0.6) is 5.75 Å². The van der Waals surface area contributed by atoms with Crippen molar-refractivity contribution < 1.29 is 19.1 Å². The SMILES string of the molecule is COC(=O)c1cnc(NC(=O)c2cc3ccccc3cc2OC)s1. The van der Waals surface area contributed by atoms with E-state index in [0.29, 0.717) is 21.3 Å². The molecule has 0 saturated carbocycles. The van der Waals surface area contributed by atoms with E-state index in [2.05, 4.69) is 15.0 Å². The van der Waals surface area contributed by atoms with Crippen molar-refractivity contribution in [1.29, 1.82) is 0 Å². The van der Waals surface area contributed by atoms with E-state index in [-0.39, 0.29) is 5.91 Å². The smallest absolute Gasteiger partial charge is 0.349 e. The molecule has 1 amide bonds. The van der Waals surface area contributed by atoms with Crippen molar-refractivity contribution in [1.82, 2.24) is 4.98 Å². The first-order valence-electron chi connectivity index (χ1n) is 7.04. The number of hydrogen-bond donors (Lipinski definition) is 1. The summed E-state index contributed by atoms with van der Waals surface area (Å²) in [6.07, 6.45) is 1.36. The van der Waals surface area contributed by atoms with Crippen LogP contribution in [0, 0.1) is 0 Å². The molecule has 1 aromatic heterocycles. The van der Waals surface area contributed by atoms with Crippen LogP contribution in [0.2, 0.25) is 0 Å². The highest BCUT2D eigenvalue weighted by molar-refractivity contribution is 7.17. The van der Waals surface area contributed by atoms with Crippen molar-refractivity contribution in [2.45, 2.75) is 0 Å². The molecule has 6 nitrogen and oxygen atoms in total. The van der Waals surface area contributed by atoms with E-state index in [1.54, 1.807) is 6.07 Å².